The van der Waals surface area contributed by atoms with Crippen LogP contribution in [0.4, 0.5) is 5.69 Å². The Morgan fingerprint density at radius 2 is 2.07 bits per heavy atom. The Kier molecular flexibility index (Phi) is 6.32. The van der Waals surface area contributed by atoms with Crippen molar-refractivity contribution < 1.29 is 24.0 Å². The average molecular weight is 379 g/mol. The molecule has 10 nitrogen and oxygen atoms in total. The molecular formula is C17H21N3O7. The zero-order valence-corrected chi connectivity index (χ0v) is 15.0. The number of aromatic nitrogens is 1. The number of aryl methyl sites for hydroxylation is 1. The first-order valence-electron chi connectivity index (χ1n) is 8.49. The van der Waals surface area contributed by atoms with Gasteiger partial charge < -0.3 is 14.8 Å². The quantitative estimate of drug-likeness (QED) is 0.500. The third kappa shape index (κ3) is 5.16. The number of benzene rings is 1. The predicted molar refractivity (Wildman–Crippen MR) is 95.4 cm³/mol. The van der Waals surface area contributed by atoms with Crippen molar-refractivity contribution in [2.45, 2.75) is 45.7 Å². The molecule has 2 rings (SSSR count). The van der Waals surface area contributed by atoms with Crippen LogP contribution in [0.1, 0.15) is 33.1 Å². The molecule has 0 aliphatic heterocycles. The number of nitro benzene ring substituents is 1. The summed E-state index contributed by atoms with van der Waals surface area (Å²) in [7, 11) is 0. The molecule has 1 atom stereocenters. The number of hydrogen-bond acceptors (Lipinski definition) is 6. The largest absolute Gasteiger partial charge is 0.480 e. The normalized spacial score (nSPS) is 12.3. The maximum atomic E-state index is 12.0. The SMILES string of the molecule is CC(C)C[C@@H](NC(=O)CCCn1c(=O)oc2cc([N+](=O)[O-])ccc21)C(=O)O. The van der Waals surface area contributed by atoms with Gasteiger partial charge in [0.2, 0.25) is 5.91 Å². The fraction of sp³-hybridized carbons (Fsp3) is 0.471. The number of nitro groups is 1. The Hall–Kier alpha value is -3.17. The number of carboxylic acids is 1. The molecule has 10 heteroatoms. The van der Waals surface area contributed by atoms with E-state index in [0.29, 0.717) is 11.9 Å². The summed E-state index contributed by atoms with van der Waals surface area (Å²) in [4.78, 5) is 45.3. The number of non-ortho nitro benzene ring substituents is 1. The molecular weight excluding hydrogens is 358 g/mol. The molecule has 0 unspecified atom stereocenters. The van der Waals surface area contributed by atoms with E-state index >= 15 is 0 Å². The van der Waals surface area contributed by atoms with Crippen LogP contribution in [0.25, 0.3) is 11.1 Å². The number of carbonyl (C=O) groups is 2. The Morgan fingerprint density at radius 3 is 2.67 bits per heavy atom. The maximum Gasteiger partial charge on any atom is 0.419 e. The van der Waals surface area contributed by atoms with Gasteiger partial charge in [-0.15, -0.1) is 0 Å². The van der Waals surface area contributed by atoms with Crippen molar-refractivity contribution in [1.29, 1.82) is 0 Å². The second-order valence-corrected chi connectivity index (χ2v) is 6.62. The molecule has 1 heterocycles. The number of nitrogens with one attached hydrogen (secondary N) is 1. The van der Waals surface area contributed by atoms with Gasteiger partial charge in [0, 0.05) is 19.0 Å². The van der Waals surface area contributed by atoms with Gasteiger partial charge in [-0.05, 0) is 24.8 Å². The van der Waals surface area contributed by atoms with Gasteiger partial charge in [0.1, 0.15) is 6.04 Å². The highest BCUT2D eigenvalue weighted by Crippen LogP contribution is 2.20. The Balaban J connectivity index is 1.99. The van der Waals surface area contributed by atoms with Gasteiger partial charge in [-0.3, -0.25) is 19.5 Å². The van der Waals surface area contributed by atoms with Crippen LogP contribution in [0, 0.1) is 16.0 Å². The summed E-state index contributed by atoms with van der Waals surface area (Å²) in [5.74, 6) is -2.06. The highest BCUT2D eigenvalue weighted by Gasteiger charge is 2.21. The predicted octanol–water partition coefficient (Wildman–Crippen LogP) is 1.90. The summed E-state index contributed by atoms with van der Waals surface area (Å²) in [5.41, 5.74) is 0.309. The van der Waals surface area contributed by atoms with Gasteiger partial charge >= 0.3 is 11.7 Å². The van der Waals surface area contributed by atoms with E-state index in [4.69, 9.17) is 9.52 Å². The fourth-order valence-electron chi connectivity index (χ4n) is 2.74. The van der Waals surface area contributed by atoms with Crippen LogP contribution in [-0.4, -0.2) is 32.5 Å². The van der Waals surface area contributed by atoms with Crippen LogP contribution >= 0.6 is 0 Å². The summed E-state index contributed by atoms with van der Waals surface area (Å²) in [6.07, 6.45) is 0.644. The minimum Gasteiger partial charge on any atom is -0.480 e. The van der Waals surface area contributed by atoms with Crippen LogP contribution in [0.5, 0.6) is 0 Å². The van der Waals surface area contributed by atoms with E-state index in [0.717, 1.165) is 0 Å². The minimum atomic E-state index is -1.09. The first-order chi connectivity index (χ1) is 12.7. The Labute approximate surface area is 153 Å². The van der Waals surface area contributed by atoms with Crippen LogP contribution in [0.3, 0.4) is 0 Å². The lowest BCUT2D eigenvalue weighted by molar-refractivity contribution is -0.384. The van der Waals surface area contributed by atoms with E-state index in [1.54, 1.807) is 0 Å². The van der Waals surface area contributed by atoms with Gasteiger partial charge in [0.15, 0.2) is 5.58 Å². The summed E-state index contributed by atoms with van der Waals surface area (Å²) >= 11 is 0. The van der Waals surface area contributed by atoms with Gasteiger partial charge in [-0.25, -0.2) is 9.59 Å². The number of aliphatic carboxylic acids is 1. The summed E-state index contributed by atoms with van der Waals surface area (Å²) in [6, 6.07) is 2.91. The lowest BCUT2D eigenvalue weighted by Crippen LogP contribution is -2.41. The van der Waals surface area contributed by atoms with Crippen molar-refractivity contribution in [2.75, 3.05) is 0 Å². The van der Waals surface area contributed by atoms with Crippen molar-refractivity contribution in [3.8, 4) is 0 Å². The van der Waals surface area contributed by atoms with Gasteiger partial charge in [0.05, 0.1) is 16.5 Å². The van der Waals surface area contributed by atoms with Crippen LogP contribution in [-0.2, 0) is 16.1 Å². The average Bonchev–Trinajstić information content (AvgIpc) is 2.88. The zero-order chi connectivity index (χ0) is 20.1. The third-order valence-corrected chi connectivity index (χ3v) is 3.99. The van der Waals surface area contributed by atoms with Gasteiger partial charge in [0.25, 0.3) is 5.69 Å². The maximum absolute atomic E-state index is 12.0. The van der Waals surface area contributed by atoms with E-state index < -0.39 is 28.6 Å². The van der Waals surface area contributed by atoms with Crippen molar-refractivity contribution in [1.82, 2.24) is 9.88 Å². The Morgan fingerprint density at radius 1 is 1.37 bits per heavy atom. The molecule has 0 bridgehead atoms. The molecule has 0 aliphatic rings. The monoisotopic (exact) mass is 379 g/mol. The van der Waals surface area contributed by atoms with Crippen LogP contribution < -0.4 is 11.1 Å². The molecule has 0 saturated heterocycles. The fourth-order valence-corrected chi connectivity index (χ4v) is 2.74. The lowest BCUT2D eigenvalue weighted by atomic mass is 10.0. The summed E-state index contributed by atoms with van der Waals surface area (Å²) in [5, 5.41) is 22.4. The molecule has 0 saturated carbocycles. The van der Waals surface area contributed by atoms with Crippen molar-refractivity contribution in [2.24, 2.45) is 5.92 Å². The second-order valence-electron chi connectivity index (χ2n) is 6.62. The number of amides is 1. The molecule has 27 heavy (non-hydrogen) atoms. The van der Waals surface area contributed by atoms with Gasteiger partial charge in [-0.2, -0.15) is 0 Å². The van der Waals surface area contributed by atoms with E-state index in [9.17, 15) is 24.5 Å². The molecule has 0 aliphatic carbocycles. The molecule has 1 aromatic heterocycles. The molecule has 2 aromatic rings. The zero-order valence-electron chi connectivity index (χ0n) is 15.0. The number of nitrogens with zero attached hydrogens (tertiary/aromatic N) is 2. The number of hydrogen-bond donors (Lipinski definition) is 2. The lowest BCUT2D eigenvalue weighted by Gasteiger charge is -2.16. The number of fused-ring (bicyclic) bond motifs is 1. The summed E-state index contributed by atoms with van der Waals surface area (Å²) in [6.45, 7) is 3.89. The number of carboxylic acid groups (broad SMARTS) is 1. The third-order valence-electron chi connectivity index (χ3n) is 3.99. The van der Waals surface area contributed by atoms with E-state index in [-0.39, 0.29) is 36.6 Å². The standard InChI is InChI=1S/C17H21N3O7/c1-10(2)8-12(16(22)23)18-15(21)4-3-7-19-13-6-5-11(20(25)26)9-14(13)27-17(19)24/h5-6,9-10,12H,3-4,7-8H2,1-2H3,(H,18,21)(H,22,23)/t12-/m1/s1. The molecule has 1 aromatic carbocycles. The van der Waals surface area contributed by atoms with Crippen molar-refractivity contribution in [3.63, 3.8) is 0 Å². The molecule has 1 amide bonds. The topological polar surface area (TPSA) is 145 Å². The molecule has 146 valence electrons. The van der Waals surface area contributed by atoms with E-state index in [1.165, 1.54) is 22.8 Å². The number of carbonyl (C=O) groups excluding carboxylic acids is 1. The van der Waals surface area contributed by atoms with Crippen molar-refractivity contribution in [3.05, 3.63) is 38.9 Å². The van der Waals surface area contributed by atoms with E-state index in [1.807, 2.05) is 13.8 Å². The Bertz CT molecular complexity index is 913. The first-order valence-corrected chi connectivity index (χ1v) is 8.49. The van der Waals surface area contributed by atoms with E-state index in [2.05, 4.69) is 5.32 Å². The second kappa shape index (κ2) is 8.47. The minimum absolute atomic E-state index is 0.0357. The highest BCUT2D eigenvalue weighted by molar-refractivity contribution is 5.83. The number of oxazole rings is 1. The van der Waals surface area contributed by atoms with Crippen LogP contribution in [0.2, 0.25) is 0 Å². The molecule has 0 fully saturated rings. The first kappa shape index (κ1) is 20.1. The smallest absolute Gasteiger partial charge is 0.419 e. The molecule has 2 N–H and O–H groups in total. The highest BCUT2D eigenvalue weighted by atomic mass is 16.6. The molecule has 0 radical (unpaired) electrons. The summed E-state index contributed by atoms with van der Waals surface area (Å²) < 4.78 is 6.30. The van der Waals surface area contributed by atoms with Crippen molar-refractivity contribution >= 4 is 28.7 Å². The number of rotatable bonds is 9. The van der Waals surface area contributed by atoms with Gasteiger partial charge in [-0.1, -0.05) is 13.8 Å². The van der Waals surface area contributed by atoms with Crippen LogP contribution in [0.15, 0.2) is 27.4 Å². The molecule has 0 spiro atoms.